The molecule has 0 aliphatic rings. The first-order valence-corrected chi connectivity index (χ1v) is 10.1. The van der Waals surface area contributed by atoms with Crippen molar-refractivity contribution in [2.24, 2.45) is 0 Å². The Bertz CT molecular complexity index is 958. The summed E-state index contributed by atoms with van der Waals surface area (Å²) in [6, 6.07) is 26.2. The van der Waals surface area contributed by atoms with E-state index in [0.717, 1.165) is 13.1 Å². The predicted molar refractivity (Wildman–Crippen MR) is 118 cm³/mol. The second-order valence-electron chi connectivity index (χ2n) is 7.39. The maximum atomic E-state index is 3.52. The number of anilines is 1. The molecule has 0 saturated carbocycles. The fraction of sp³-hybridized carbons (Fsp3) is 0.280. The molecule has 0 saturated heterocycles. The van der Waals surface area contributed by atoms with Gasteiger partial charge in [0.15, 0.2) is 0 Å². The van der Waals surface area contributed by atoms with Crippen molar-refractivity contribution >= 4 is 27.5 Å². The number of para-hydroxylation sites is 2. The van der Waals surface area contributed by atoms with Crippen LogP contribution in [0.1, 0.15) is 31.2 Å². The lowest BCUT2D eigenvalue weighted by molar-refractivity contribution is 0.596. The minimum atomic E-state index is 1.05. The van der Waals surface area contributed by atoms with Crippen LogP contribution in [0.5, 0.6) is 0 Å². The lowest BCUT2D eigenvalue weighted by Crippen LogP contribution is -2.02. The maximum absolute atomic E-state index is 3.52. The molecular formula is C25H28N2. The third-order valence-electron chi connectivity index (χ3n) is 5.37. The number of nitrogens with one attached hydrogen (secondary N) is 1. The molecule has 0 aliphatic heterocycles. The maximum Gasteiger partial charge on any atom is 0.0491 e. The van der Waals surface area contributed by atoms with Gasteiger partial charge in [-0.05, 0) is 44.0 Å². The van der Waals surface area contributed by atoms with Gasteiger partial charge in [-0.1, -0.05) is 66.9 Å². The minimum absolute atomic E-state index is 1.05. The molecule has 0 spiro atoms. The van der Waals surface area contributed by atoms with Crippen LogP contribution in [0.25, 0.3) is 21.8 Å². The Balaban J connectivity index is 1.28. The van der Waals surface area contributed by atoms with Gasteiger partial charge in [-0.15, -0.1) is 0 Å². The van der Waals surface area contributed by atoms with Gasteiger partial charge >= 0.3 is 0 Å². The topological polar surface area (TPSA) is 17.0 Å². The smallest absolute Gasteiger partial charge is 0.0491 e. The van der Waals surface area contributed by atoms with Crippen molar-refractivity contribution in [2.75, 3.05) is 11.9 Å². The van der Waals surface area contributed by atoms with E-state index in [1.54, 1.807) is 0 Å². The van der Waals surface area contributed by atoms with E-state index >= 15 is 0 Å². The van der Waals surface area contributed by atoms with Gasteiger partial charge in [0.05, 0.1) is 0 Å². The number of hydrogen-bond acceptors (Lipinski definition) is 1. The Hall–Kier alpha value is -2.74. The fourth-order valence-corrected chi connectivity index (χ4v) is 3.90. The van der Waals surface area contributed by atoms with Crippen LogP contribution in [-0.2, 0) is 6.54 Å². The largest absolute Gasteiger partial charge is 0.385 e. The molecule has 0 amide bonds. The number of aryl methyl sites for hydroxylation is 2. The summed E-state index contributed by atoms with van der Waals surface area (Å²) in [7, 11) is 0. The van der Waals surface area contributed by atoms with Gasteiger partial charge in [0, 0.05) is 40.6 Å². The molecule has 1 aromatic heterocycles. The second-order valence-corrected chi connectivity index (χ2v) is 7.39. The molecule has 2 nitrogen and oxygen atoms in total. The molecule has 2 heteroatoms. The number of benzene rings is 3. The molecule has 1 N–H and O–H groups in total. The quantitative estimate of drug-likeness (QED) is 0.344. The van der Waals surface area contributed by atoms with E-state index in [-0.39, 0.29) is 0 Å². The van der Waals surface area contributed by atoms with Crippen molar-refractivity contribution in [2.45, 2.75) is 39.2 Å². The Morgan fingerprint density at radius 2 is 1.26 bits per heavy atom. The summed E-state index contributed by atoms with van der Waals surface area (Å²) in [5.74, 6) is 0. The fourth-order valence-electron chi connectivity index (χ4n) is 3.90. The first-order valence-electron chi connectivity index (χ1n) is 10.1. The van der Waals surface area contributed by atoms with E-state index in [9.17, 15) is 0 Å². The number of unbranched alkanes of at least 4 members (excludes halogenated alkanes) is 3. The third-order valence-corrected chi connectivity index (χ3v) is 5.37. The number of hydrogen-bond donors (Lipinski definition) is 1. The normalized spacial score (nSPS) is 11.3. The van der Waals surface area contributed by atoms with Gasteiger partial charge in [-0.2, -0.15) is 0 Å². The summed E-state index contributed by atoms with van der Waals surface area (Å²) in [6.07, 6.45) is 5.00. The standard InChI is InChI=1S/C25H28N2/c1-20-14-16-21(17-15-20)26-18-8-2-3-9-19-27-24-12-6-4-10-22(24)23-11-5-7-13-25(23)27/h4-7,10-17,26H,2-3,8-9,18-19H2,1H3. The van der Waals surface area contributed by atoms with Gasteiger partial charge in [0.25, 0.3) is 0 Å². The summed E-state index contributed by atoms with van der Waals surface area (Å²) >= 11 is 0. The minimum Gasteiger partial charge on any atom is -0.385 e. The summed E-state index contributed by atoms with van der Waals surface area (Å²) in [5, 5.41) is 6.26. The van der Waals surface area contributed by atoms with E-state index in [0.29, 0.717) is 0 Å². The number of aromatic nitrogens is 1. The average molecular weight is 357 g/mol. The SMILES string of the molecule is Cc1ccc(NCCCCCCn2c3ccccc3c3ccccc32)cc1. The molecule has 0 bridgehead atoms. The molecule has 4 rings (SSSR count). The zero-order valence-corrected chi connectivity index (χ0v) is 16.1. The van der Waals surface area contributed by atoms with E-state index < -0.39 is 0 Å². The van der Waals surface area contributed by atoms with Gasteiger partial charge in [-0.25, -0.2) is 0 Å². The van der Waals surface area contributed by atoms with Crippen LogP contribution in [0.15, 0.2) is 72.8 Å². The van der Waals surface area contributed by atoms with E-state index in [4.69, 9.17) is 0 Å². The monoisotopic (exact) mass is 356 g/mol. The zero-order valence-electron chi connectivity index (χ0n) is 16.1. The summed E-state index contributed by atoms with van der Waals surface area (Å²) in [4.78, 5) is 0. The van der Waals surface area contributed by atoms with E-state index in [1.165, 1.54) is 58.7 Å². The number of rotatable bonds is 8. The van der Waals surface area contributed by atoms with Crippen molar-refractivity contribution in [1.29, 1.82) is 0 Å². The van der Waals surface area contributed by atoms with Crippen molar-refractivity contribution in [3.05, 3.63) is 78.4 Å². The highest BCUT2D eigenvalue weighted by molar-refractivity contribution is 6.07. The molecule has 4 aromatic rings. The summed E-state index contributed by atoms with van der Waals surface area (Å²) in [6.45, 7) is 4.28. The zero-order chi connectivity index (χ0) is 18.5. The predicted octanol–water partition coefficient (Wildman–Crippen LogP) is 6.78. The van der Waals surface area contributed by atoms with Crippen molar-refractivity contribution in [1.82, 2.24) is 4.57 Å². The first-order chi connectivity index (χ1) is 13.3. The Morgan fingerprint density at radius 1 is 0.667 bits per heavy atom. The van der Waals surface area contributed by atoms with Crippen LogP contribution >= 0.6 is 0 Å². The molecule has 27 heavy (non-hydrogen) atoms. The molecule has 138 valence electrons. The lowest BCUT2D eigenvalue weighted by Gasteiger charge is -2.09. The number of nitrogens with zero attached hydrogens (tertiary/aromatic N) is 1. The van der Waals surface area contributed by atoms with Crippen LogP contribution in [0.3, 0.4) is 0 Å². The molecule has 0 fully saturated rings. The van der Waals surface area contributed by atoms with Gasteiger partial charge in [0.1, 0.15) is 0 Å². The van der Waals surface area contributed by atoms with E-state index in [2.05, 4.69) is 89.6 Å². The van der Waals surface area contributed by atoms with Gasteiger partial charge in [0.2, 0.25) is 0 Å². The average Bonchev–Trinajstić information content (AvgIpc) is 3.03. The Kier molecular flexibility index (Phi) is 5.43. The number of fused-ring (bicyclic) bond motifs is 3. The summed E-state index contributed by atoms with van der Waals surface area (Å²) in [5.41, 5.74) is 5.26. The third kappa shape index (κ3) is 4.00. The van der Waals surface area contributed by atoms with Crippen molar-refractivity contribution in [3.8, 4) is 0 Å². The van der Waals surface area contributed by atoms with E-state index in [1.807, 2.05) is 0 Å². The molecule has 3 aromatic carbocycles. The highest BCUT2D eigenvalue weighted by Crippen LogP contribution is 2.29. The van der Waals surface area contributed by atoms with Gasteiger partial charge in [-0.3, -0.25) is 0 Å². The van der Waals surface area contributed by atoms with Crippen molar-refractivity contribution < 1.29 is 0 Å². The molecule has 0 atom stereocenters. The highest BCUT2D eigenvalue weighted by atomic mass is 15.0. The van der Waals surface area contributed by atoms with Crippen LogP contribution < -0.4 is 5.32 Å². The second kappa shape index (κ2) is 8.30. The highest BCUT2D eigenvalue weighted by Gasteiger charge is 2.08. The molecule has 0 radical (unpaired) electrons. The summed E-state index contributed by atoms with van der Waals surface area (Å²) < 4.78 is 2.50. The van der Waals surface area contributed by atoms with Crippen LogP contribution in [0.4, 0.5) is 5.69 Å². The molecule has 0 aliphatic carbocycles. The molecular weight excluding hydrogens is 328 g/mol. The molecule has 0 unspecified atom stereocenters. The first kappa shape index (κ1) is 17.7. The Morgan fingerprint density at radius 3 is 1.93 bits per heavy atom. The lowest BCUT2D eigenvalue weighted by atomic mass is 10.2. The van der Waals surface area contributed by atoms with Crippen LogP contribution in [-0.4, -0.2) is 11.1 Å². The molecule has 1 heterocycles. The van der Waals surface area contributed by atoms with Crippen molar-refractivity contribution in [3.63, 3.8) is 0 Å². The van der Waals surface area contributed by atoms with Crippen LogP contribution in [0.2, 0.25) is 0 Å². The van der Waals surface area contributed by atoms with Gasteiger partial charge < -0.3 is 9.88 Å². The van der Waals surface area contributed by atoms with Crippen LogP contribution in [0, 0.1) is 6.92 Å². The Labute approximate surface area is 161 Å².